The molecule has 0 saturated heterocycles. The zero-order chi connectivity index (χ0) is 18.8. The number of nitriles is 1. The molecule has 1 aromatic heterocycles. The Bertz CT molecular complexity index is 1080. The molecule has 1 heterocycles. The van der Waals surface area contributed by atoms with E-state index in [1.54, 1.807) is 6.07 Å². The summed E-state index contributed by atoms with van der Waals surface area (Å²) in [6, 6.07) is 11.9. The van der Waals surface area contributed by atoms with Crippen LogP contribution in [0.3, 0.4) is 0 Å². The average molecular weight is 352 g/mol. The van der Waals surface area contributed by atoms with Crippen molar-refractivity contribution in [3.05, 3.63) is 75.8 Å². The first-order valence-corrected chi connectivity index (χ1v) is 7.31. The van der Waals surface area contributed by atoms with E-state index in [1.165, 1.54) is 30.3 Å². The Kier molecular flexibility index (Phi) is 4.29. The van der Waals surface area contributed by atoms with Gasteiger partial charge >= 0.3 is 0 Å². The van der Waals surface area contributed by atoms with Crippen LogP contribution in [-0.4, -0.2) is 9.91 Å². The van der Waals surface area contributed by atoms with Crippen molar-refractivity contribution in [2.75, 3.05) is 5.73 Å². The molecule has 0 atom stereocenters. The minimum Gasteiger partial charge on any atom is -0.383 e. The van der Waals surface area contributed by atoms with Crippen molar-refractivity contribution in [3.63, 3.8) is 0 Å². The number of nitrogens with zero attached hydrogens (tertiary/aromatic N) is 3. The number of benzene rings is 2. The van der Waals surface area contributed by atoms with Crippen molar-refractivity contribution in [1.29, 1.82) is 5.26 Å². The third-order valence-electron chi connectivity index (χ3n) is 3.73. The molecule has 8 heteroatoms. The van der Waals surface area contributed by atoms with Gasteiger partial charge in [0.15, 0.2) is 0 Å². The highest BCUT2D eigenvalue weighted by atomic mass is 19.1. The monoisotopic (exact) mass is 352 g/mol. The fourth-order valence-corrected chi connectivity index (χ4v) is 2.53. The fourth-order valence-electron chi connectivity index (χ4n) is 2.53. The Balaban J connectivity index is 2.25. The average Bonchev–Trinajstić information content (AvgIpc) is 2.61. The van der Waals surface area contributed by atoms with Gasteiger partial charge in [0.1, 0.15) is 29.1 Å². The van der Waals surface area contributed by atoms with E-state index in [0.717, 1.165) is 6.07 Å². The van der Waals surface area contributed by atoms with Crippen LogP contribution in [0.2, 0.25) is 0 Å². The molecule has 0 radical (unpaired) electrons. The van der Waals surface area contributed by atoms with Crippen LogP contribution in [0.15, 0.2) is 48.5 Å². The Hall–Kier alpha value is -3.86. The van der Waals surface area contributed by atoms with E-state index in [9.17, 15) is 24.2 Å². The summed E-state index contributed by atoms with van der Waals surface area (Å²) in [7, 11) is 0. The highest BCUT2D eigenvalue weighted by molar-refractivity contribution is 5.80. The number of hydrogen-bond donors (Lipinski definition) is 1. The Labute approximate surface area is 146 Å². The summed E-state index contributed by atoms with van der Waals surface area (Å²) in [6.07, 6.45) is 0. The first-order valence-electron chi connectivity index (χ1n) is 7.31. The second-order valence-corrected chi connectivity index (χ2v) is 5.36. The SMILES string of the molecule is N#Cc1c(-c2ccc(F)cc2F)cc(-c2cccc([N+](=O)[O-])c2)nc1N. The zero-order valence-electron chi connectivity index (χ0n) is 13.1. The van der Waals surface area contributed by atoms with Gasteiger partial charge in [-0.15, -0.1) is 0 Å². The van der Waals surface area contributed by atoms with Gasteiger partial charge in [-0.2, -0.15) is 5.26 Å². The van der Waals surface area contributed by atoms with E-state index in [4.69, 9.17) is 5.73 Å². The molecule has 0 saturated carbocycles. The van der Waals surface area contributed by atoms with E-state index in [0.29, 0.717) is 11.6 Å². The molecule has 0 spiro atoms. The topological polar surface area (TPSA) is 106 Å². The minimum atomic E-state index is -0.864. The second-order valence-electron chi connectivity index (χ2n) is 5.36. The van der Waals surface area contributed by atoms with Gasteiger partial charge in [0, 0.05) is 34.9 Å². The lowest BCUT2D eigenvalue weighted by Gasteiger charge is -2.11. The highest BCUT2D eigenvalue weighted by Crippen LogP contribution is 2.33. The molecule has 0 aliphatic heterocycles. The molecule has 0 aliphatic carbocycles. The van der Waals surface area contributed by atoms with E-state index in [2.05, 4.69) is 4.98 Å². The number of anilines is 1. The second kappa shape index (κ2) is 6.57. The van der Waals surface area contributed by atoms with Crippen molar-refractivity contribution >= 4 is 11.5 Å². The molecule has 2 N–H and O–H groups in total. The number of pyridine rings is 1. The number of halogens is 2. The first kappa shape index (κ1) is 17.0. The lowest BCUT2D eigenvalue weighted by molar-refractivity contribution is -0.384. The van der Waals surface area contributed by atoms with E-state index in [-0.39, 0.29) is 33.9 Å². The number of non-ortho nitro benzene ring substituents is 1. The van der Waals surface area contributed by atoms with Crippen LogP contribution < -0.4 is 5.73 Å². The normalized spacial score (nSPS) is 10.3. The third-order valence-corrected chi connectivity index (χ3v) is 3.73. The Morgan fingerprint density at radius 2 is 1.88 bits per heavy atom. The molecular formula is C18H10F2N4O2. The lowest BCUT2D eigenvalue weighted by atomic mass is 9.98. The summed E-state index contributed by atoms with van der Waals surface area (Å²) in [5.74, 6) is -1.78. The molecule has 6 nitrogen and oxygen atoms in total. The van der Waals surface area contributed by atoms with Crippen LogP contribution in [0.4, 0.5) is 20.3 Å². The number of aromatic nitrogens is 1. The molecule has 3 rings (SSSR count). The molecule has 128 valence electrons. The van der Waals surface area contributed by atoms with Gasteiger partial charge < -0.3 is 5.73 Å². The van der Waals surface area contributed by atoms with Crippen LogP contribution in [0.1, 0.15) is 5.56 Å². The number of nitro benzene ring substituents is 1. The van der Waals surface area contributed by atoms with Gasteiger partial charge in [-0.3, -0.25) is 10.1 Å². The van der Waals surface area contributed by atoms with E-state index < -0.39 is 16.6 Å². The van der Waals surface area contributed by atoms with Crippen molar-refractivity contribution in [3.8, 4) is 28.5 Å². The van der Waals surface area contributed by atoms with Crippen LogP contribution >= 0.6 is 0 Å². The third kappa shape index (κ3) is 3.06. The maximum absolute atomic E-state index is 14.2. The summed E-state index contributed by atoms with van der Waals surface area (Å²) in [5.41, 5.74) is 6.30. The number of hydrogen-bond acceptors (Lipinski definition) is 5. The predicted molar refractivity (Wildman–Crippen MR) is 90.8 cm³/mol. The molecule has 0 amide bonds. The van der Waals surface area contributed by atoms with Gasteiger partial charge in [0.05, 0.1) is 10.6 Å². The quantitative estimate of drug-likeness (QED) is 0.565. The number of rotatable bonds is 3. The number of nitrogens with two attached hydrogens (primary N) is 1. The lowest BCUT2D eigenvalue weighted by Crippen LogP contribution is -2.01. The Morgan fingerprint density at radius 1 is 1.12 bits per heavy atom. The summed E-state index contributed by atoms with van der Waals surface area (Å²) < 4.78 is 27.4. The van der Waals surface area contributed by atoms with Crippen LogP contribution in [-0.2, 0) is 0 Å². The van der Waals surface area contributed by atoms with Gasteiger partial charge in [0.2, 0.25) is 0 Å². The van der Waals surface area contributed by atoms with Crippen molar-refractivity contribution < 1.29 is 13.7 Å². The Morgan fingerprint density at radius 3 is 2.54 bits per heavy atom. The van der Waals surface area contributed by atoms with E-state index >= 15 is 0 Å². The molecule has 0 aliphatic rings. The van der Waals surface area contributed by atoms with Crippen molar-refractivity contribution in [2.45, 2.75) is 0 Å². The van der Waals surface area contributed by atoms with Gasteiger partial charge in [-0.25, -0.2) is 13.8 Å². The standard InChI is InChI=1S/C18H10F2N4O2/c19-11-4-5-13(16(20)7-11)14-8-17(23-18(22)15(14)9-21)10-2-1-3-12(6-10)24(25)26/h1-8H,(H2,22,23). The van der Waals surface area contributed by atoms with Crippen LogP contribution in [0.25, 0.3) is 22.4 Å². The fraction of sp³-hybridized carbons (Fsp3) is 0. The predicted octanol–water partition coefficient (Wildman–Crippen LogP) is 4.06. The molecule has 3 aromatic rings. The molecule has 0 fully saturated rings. The summed E-state index contributed by atoms with van der Waals surface area (Å²) >= 11 is 0. The summed E-state index contributed by atoms with van der Waals surface area (Å²) in [5, 5.41) is 20.3. The molecule has 0 unspecified atom stereocenters. The largest absolute Gasteiger partial charge is 0.383 e. The van der Waals surface area contributed by atoms with Crippen LogP contribution in [0, 0.1) is 33.1 Å². The van der Waals surface area contributed by atoms with Gasteiger partial charge in [-0.1, -0.05) is 12.1 Å². The number of nitro groups is 1. The smallest absolute Gasteiger partial charge is 0.270 e. The summed E-state index contributed by atoms with van der Waals surface area (Å²) in [4.78, 5) is 14.5. The molecule has 2 aromatic carbocycles. The highest BCUT2D eigenvalue weighted by Gasteiger charge is 2.17. The maximum atomic E-state index is 14.2. The maximum Gasteiger partial charge on any atom is 0.270 e. The zero-order valence-corrected chi connectivity index (χ0v) is 13.1. The summed E-state index contributed by atoms with van der Waals surface area (Å²) in [6.45, 7) is 0. The molecular weight excluding hydrogens is 342 g/mol. The molecule has 0 bridgehead atoms. The minimum absolute atomic E-state index is 0.0243. The number of nitrogen functional groups attached to an aromatic ring is 1. The van der Waals surface area contributed by atoms with Gasteiger partial charge in [-0.05, 0) is 18.2 Å². The van der Waals surface area contributed by atoms with Gasteiger partial charge in [0.25, 0.3) is 5.69 Å². The van der Waals surface area contributed by atoms with Crippen molar-refractivity contribution in [1.82, 2.24) is 4.98 Å². The van der Waals surface area contributed by atoms with Crippen molar-refractivity contribution in [2.24, 2.45) is 0 Å². The van der Waals surface area contributed by atoms with E-state index in [1.807, 2.05) is 6.07 Å². The van der Waals surface area contributed by atoms with Crippen LogP contribution in [0.5, 0.6) is 0 Å². The molecule has 26 heavy (non-hydrogen) atoms. The first-order chi connectivity index (χ1) is 12.4.